The number of amides is 2. The number of benzene rings is 2. The monoisotopic (exact) mass is 367 g/mol. The van der Waals surface area contributed by atoms with Crippen molar-refractivity contribution < 1.29 is 14.0 Å². The first-order chi connectivity index (χ1) is 13.0. The van der Waals surface area contributed by atoms with Gasteiger partial charge in [-0.3, -0.25) is 9.59 Å². The number of anilines is 2. The second kappa shape index (κ2) is 8.49. The molecule has 3 N–H and O–H groups in total. The zero-order valence-electron chi connectivity index (χ0n) is 15.0. The van der Waals surface area contributed by atoms with E-state index in [9.17, 15) is 14.0 Å². The predicted molar refractivity (Wildman–Crippen MR) is 105 cm³/mol. The van der Waals surface area contributed by atoms with E-state index in [-0.39, 0.29) is 0 Å². The van der Waals surface area contributed by atoms with Gasteiger partial charge in [0.25, 0.3) is 0 Å². The van der Waals surface area contributed by atoms with Crippen molar-refractivity contribution >= 4 is 29.3 Å². The van der Waals surface area contributed by atoms with Crippen LogP contribution in [0.3, 0.4) is 0 Å². The van der Waals surface area contributed by atoms with Gasteiger partial charge in [-0.15, -0.1) is 0 Å². The van der Waals surface area contributed by atoms with Crippen LogP contribution in [-0.2, 0) is 4.79 Å². The fraction of sp³-hybridized carbons (Fsp3) is 0.238. The van der Waals surface area contributed by atoms with Gasteiger partial charge in [-0.2, -0.15) is 0 Å². The molecule has 1 aliphatic rings. The highest BCUT2D eigenvalue weighted by molar-refractivity contribution is 6.05. The van der Waals surface area contributed by atoms with Gasteiger partial charge in [0, 0.05) is 30.3 Å². The molecule has 27 heavy (non-hydrogen) atoms. The van der Waals surface area contributed by atoms with Crippen molar-refractivity contribution in [1.82, 2.24) is 0 Å². The van der Waals surface area contributed by atoms with Gasteiger partial charge in [-0.05, 0) is 49.6 Å². The minimum atomic E-state index is -0.558. The van der Waals surface area contributed by atoms with E-state index in [0.717, 1.165) is 31.6 Å². The molecule has 0 spiro atoms. The lowest BCUT2D eigenvalue weighted by Crippen LogP contribution is -2.30. The molecule has 0 saturated carbocycles. The SMILES string of the molecule is NC(=O)c1ccc(N2CCCCC2)c(NC(=O)C=Cc2ccccc2F)c1. The molecule has 1 heterocycles. The molecule has 1 saturated heterocycles. The summed E-state index contributed by atoms with van der Waals surface area (Å²) in [5.41, 5.74) is 7.40. The molecule has 3 rings (SSSR count). The lowest BCUT2D eigenvalue weighted by molar-refractivity contribution is -0.111. The van der Waals surface area contributed by atoms with Gasteiger partial charge in [0.2, 0.25) is 11.8 Å². The van der Waals surface area contributed by atoms with Crippen LogP contribution in [0.5, 0.6) is 0 Å². The maximum Gasteiger partial charge on any atom is 0.248 e. The normalized spacial score (nSPS) is 14.3. The van der Waals surface area contributed by atoms with Gasteiger partial charge < -0.3 is 16.0 Å². The average Bonchev–Trinajstić information content (AvgIpc) is 2.68. The standard InChI is InChI=1S/C21H22FN3O2/c22-17-7-3-2-6-15(17)9-11-20(26)24-18-14-16(21(23)27)8-10-19(18)25-12-4-1-5-13-25/h2-3,6-11,14H,1,4-5,12-13H2,(H2,23,27)(H,24,26). The Morgan fingerprint density at radius 3 is 2.52 bits per heavy atom. The summed E-state index contributed by atoms with van der Waals surface area (Å²) in [4.78, 5) is 26.1. The number of hydrogen-bond acceptors (Lipinski definition) is 3. The summed E-state index contributed by atoms with van der Waals surface area (Å²) in [5.74, 6) is -1.36. The molecule has 140 valence electrons. The number of rotatable bonds is 5. The van der Waals surface area contributed by atoms with E-state index in [1.54, 1.807) is 30.3 Å². The van der Waals surface area contributed by atoms with E-state index in [2.05, 4.69) is 10.2 Å². The van der Waals surface area contributed by atoms with Crippen LogP contribution < -0.4 is 16.0 Å². The molecule has 2 amide bonds. The summed E-state index contributed by atoms with van der Waals surface area (Å²) in [6.45, 7) is 1.79. The van der Waals surface area contributed by atoms with E-state index in [1.807, 2.05) is 6.07 Å². The number of nitrogens with one attached hydrogen (secondary N) is 1. The quantitative estimate of drug-likeness (QED) is 0.794. The number of nitrogens with two attached hydrogens (primary N) is 1. The Hall–Kier alpha value is -3.15. The van der Waals surface area contributed by atoms with Crippen molar-refractivity contribution in [3.8, 4) is 0 Å². The Morgan fingerprint density at radius 2 is 1.81 bits per heavy atom. The molecule has 0 atom stereocenters. The molecule has 0 radical (unpaired) electrons. The predicted octanol–water partition coefficient (Wildman–Crippen LogP) is 3.57. The van der Waals surface area contributed by atoms with Gasteiger partial charge in [-0.25, -0.2) is 4.39 Å². The molecular weight excluding hydrogens is 345 g/mol. The van der Waals surface area contributed by atoms with Crippen LogP contribution in [0, 0.1) is 5.82 Å². The van der Waals surface area contributed by atoms with E-state index in [1.165, 1.54) is 24.6 Å². The number of halogens is 1. The molecule has 0 bridgehead atoms. The third-order valence-corrected chi connectivity index (χ3v) is 4.56. The van der Waals surface area contributed by atoms with Crippen LogP contribution >= 0.6 is 0 Å². The summed E-state index contributed by atoms with van der Waals surface area (Å²) < 4.78 is 13.7. The number of nitrogens with zero attached hydrogens (tertiary/aromatic N) is 1. The molecule has 0 aromatic heterocycles. The smallest absolute Gasteiger partial charge is 0.248 e. The van der Waals surface area contributed by atoms with Gasteiger partial charge in [0.05, 0.1) is 11.4 Å². The molecule has 6 heteroatoms. The van der Waals surface area contributed by atoms with Crippen molar-refractivity contribution in [2.75, 3.05) is 23.3 Å². The molecule has 5 nitrogen and oxygen atoms in total. The molecular formula is C21H22FN3O2. The first kappa shape index (κ1) is 18.6. The molecule has 1 fully saturated rings. The Balaban J connectivity index is 1.82. The van der Waals surface area contributed by atoms with E-state index < -0.39 is 17.6 Å². The zero-order chi connectivity index (χ0) is 19.2. The first-order valence-corrected chi connectivity index (χ1v) is 8.97. The fourth-order valence-corrected chi connectivity index (χ4v) is 3.15. The molecule has 2 aromatic carbocycles. The first-order valence-electron chi connectivity index (χ1n) is 8.97. The maximum absolute atomic E-state index is 13.7. The lowest BCUT2D eigenvalue weighted by atomic mass is 10.1. The van der Waals surface area contributed by atoms with E-state index in [0.29, 0.717) is 16.8 Å². The van der Waals surface area contributed by atoms with E-state index in [4.69, 9.17) is 5.73 Å². The minimum absolute atomic E-state index is 0.323. The highest BCUT2D eigenvalue weighted by atomic mass is 19.1. The Kier molecular flexibility index (Phi) is 5.86. The van der Waals surface area contributed by atoms with Crippen molar-refractivity contribution in [2.45, 2.75) is 19.3 Å². The van der Waals surface area contributed by atoms with Crippen molar-refractivity contribution in [3.05, 3.63) is 65.5 Å². The molecule has 1 aliphatic heterocycles. The Labute approximate surface area is 157 Å². The topological polar surface area (TPSA) is 75.4 Å². The van der Waals surface area contributed by atoms with Gasteiger partial charge >= 0.3 is 0 Å². The van der Waals surface area contributed by atoms with Crippen LogP contribution in [-0.4, -0.2) is 24.9 Å². The van der Waals surface area contributed by atoms with Crippen molar-refractivity contribution in [1.29, 1.82) is 0 Å². The molecule has 0 unspecified atom stereocenters. The highest BCUT2D eigenvalue weighted by Gasteiger charge is 2.17. The van der Waals surface area contributed by atoms with Crippen molar-refractivity contribution in [2.24, 2.45) is 5.73 Å². The summed E-state index contributed by atoms with van der Waals surface area (Å²) in [6, 6.07) is 11.3. The van der Waals surface area contributed by atoms with Crippen molar-refractivity contribution in [3.63, 3.8) is 0 Å². The van der Waals surface area contributed by atoms with Crippen LogP contribution in [0.15, 0.2) is 48.5 Å². The Morgan fingerprint density at radius 1 is 1.07 bits per heavy atom. The fourth-order valence-electron chi connectivity index (χ4n) is 3.15. The Bertz CT molecular complexity index is 873. The van der Waals surface area contributed by atoms with Gasteiger partial charge in [0.1, 0.15) is 5.82 Å². The van der Waals surface area contributed by atoms with Gasteiger partial charge in [0.15, 0.2) is 0 Å². The highest BCUT2D eigenvalue weighted by Crippen LogP contribution is 2.29. The number of carbonyl (C=O) groups excluding carboxylic acids is 2. The summed E-state index contributed by atoms with van der Waals surface area (Å²) in [7, 11) is 0. The lowest BCUT2D eigenvalue weighted by Gasteiger charge is -2.30. The van der Waals surface area contributed by atoms with Gasteiger partial charge in [-0.1, -0.05) is 18.2 Å². The second-order valence-electron chi connectivity index (χ2n) is 6.49. The second-order valence-corrected chi connectivity index (χ2v) is 6.49. The molecule has 0 aliphatic carbocycles. The third kappa shape index (κ3) is 4.73. The summed E-state index contributed by atoms with van der Waals surface area (Å²) in [6.07, 6.45) is 6.04. The average molecular weight is 367 g/mol. The largest absolute Gasteiger partial charge is 0.370 e. The third-order valence-electron chi connectivity index (χ3n) is 4.56. The number of piperidine rings is 1. The van der Waals surface area contributed by atoms with Crippen LogP contribution in [0.4, 0.5) is 15.8 Å². The number of carbonyl (C=O) groups is 2. The minimum Gasteiger partial charge on any atom is -0.370 e. The number of hydrogen-bond donors (Lipinski definition) is 2. The number of primary amides is 1. The van der Waals surface area contributed by atoms with Crippen LogP contribution in [0.2, 0.25) is 0 Å². The summed E-state index contributed by atoms with van der Waals surface area (Å²) in [5, 5.41) is 2.80. The zero-order valence-corrected chi connectivity index (χ0v) is 15.0. The van der Waals surface area contributed by atoms with Crippen LogP contribution in [0.25, 0.3) is 6.08 Å². The van der Waals surface area contributed by atoms with E-state index >= 15 is 0 Å². The van der Waals surface area contributed by atoms with Crippen LogP contribution in [0.1, 0.15) is 35.2 Å². The molecule has 2 aromatic rings. The summed E-state index contributed by atoms with van der Waals surface area (Å²) >= 11 is 0. The maximum atomic E-state index is 13.7.